The first kappa shape index (κ1) is 20.7. The van der Waals surface area contributed by atoms with Crippen LogP contribution in [0.25, 0.3) is 5.69 Å². The number of para-hydroxylation sites is 1. The number of hydrogen-bond acceptors (Lipinski definition) is 5. The lowest BCUT2D eigenvalue weighted by Gasteiger charge is -2.22. The molecule has 2 atom stereocenters. The van der Waals surface area contributed by atoms with Gasteiger partial charge in [0.25, 0.3) is 5.91 Å². The van der Waals surface area contributed by atoms with Crippen molar-refractivity contribution in [2.75, 3.05) is 13.7 Å². The number of esters is 1. The Hall–Kier alpha value is -3.52. The highest BCUT2D eigenvalue weighted by atomic mass is 19.1. The van der Waals surface area contributed by atoms with Crippen LogP contribution in [0.1, 0.15) is 22.3 Å². The number of nitrogens with one attached hydrogen (secondary N) is 1. The average molecular weight is 422 g/mol. The van der Waals surface area contributed by atoms with Gasteiger partial charge in [-0.3, -0.25) is 14.5 Å². The molecule has 1 aliphatic rings. The predicted octanol–water partition coefficient (Wildman–Crippen LogP) is 2.56. The molecule has 0 aliphatic carbocycles. The molecule has 160 valence electrons. The molecule has 0 bridgehead atoms. The number of nitrogens with zero attached hydrogens (tertiary/aromatic N) is 3. The summed E-state index contributed by atoms with van der Waals surface area (Å²) >= 11 is 0. The van der Waals surface area contributed by atoms with Crippen LogP contribution in [0.15, 0.2) is 67.0 Å². The molecule has 1 amide bonds. The number of methoxy groups -OCH3 is 1. The number of hydrogen-bond donors (Lipinski definition) is 1. The van der Waals surface area contributed by atoms with Crippen molar-refractivity contribution in [3.8, 4) is 5.69 Å². The standard InChI is InChI=1S/C23H23FN4O3/c1-31-23(30)21-13-18(15-27(21)14-16-7-9-17(24)10-8-16)26-22(29)19-5-2-3-6-20(19)28-12-4-11-25-28/h2-12,18,21H,13-15H2,1H3,(H,26,29)/t18-,21+/m1/s1. The zero-order chi connectivity index (χ0) is 21.8. The van der Waals surface area contributed by atoms with Crippen molar-refractivity contribution < 1.29 is 18.7 Å². The Morgan fingerprint density at radius 3 is 2.65 bits per heavy atom. The van der Waals surface area contributed by atoms with Crippen LogP contribution < -0.4 is 5.32 Å². The van der Waals surface area contributed by atoms with Crippen LogP contribution in [-0.2, 0) is 16.1 Å². The quantitative estimate of drug-likeness (QED) is 0.618. The lowest BCUT2D eigenvalue weighted by molar-refractivity contribution is -0.146. The number of carbonyl (C=O) groups is 2. The van der Waals surface area contributed by atoms with Gasteiger partial charge in [0.1, 0.15) is 11.9 Å². The second kappa shape index (κ2) is 9.09. The SMILES string of the molecule is COC(=O)[C@@H]1C[C@@H](NC(=O)c2ccccc2-n2cccn2)CN1Cc1ccc(F)cc1. The molecule has 0 saturated carbocycles. The molecular weight excluding hydrogens is 399 g/mol. The van der Waals surface area contributed by atoms with Crippen LogP contribution in [0.5, 0.6) is 0 Å². The van der Waals surface area contributed by atoms with Gasteiger partial charge in [0, 0.05) is 31.5 Å². The molecule has 2 heterocycles. The first-order valence-electron chi connectivity index (χ1n) is 10.0. The Labute approximate surface area is 179 Å². The molecule has 0 radical (unpaired) electrons. The van der Waals surface area contributed by atoms with Crippen LogP contribution in [-0.4, -0.2) is 52.3 Å². The van der Waals surface area contributed by atoms with Gasteiger partial charge in [-0.05, 0) is 42.3 Å². The largest absolute Gasteiger partial charge is 0.468 e. The van der Waals surface area contributed by atoms with Gasteiger partial charge in [0.15, 0.2) is 0 Å². The topological polar surface area (TPSA) is 76.5 Å². The van der Waals surface area contributed by atoms with Gasteiger partial charge in [-0.1, -0.05) is 24.3 Å². The monoisotopic (exact) mass is 422 g/mol. The molecule has 31 heavy (non-hydrogen) atoms. The van der Waals surface area contributed by atoms with E-state index in [1.807, 2.05) is 17.0 Å². The lowest BCUT2D eigenvalue weighted by Crippen LogP contribution is -2.38. The summed E-state index contributed by atoms with van der Waals surface area (Å²) in [5.41, 5.74) is 2.06. The Balaban J connectivity index is 1.49. The number of likely N-dealkylation sites (tertiary alicyclic amines) is 1. The van der Waals surface area contributed by atoms with Crippen LogP contribution in [0.3, 0.4) is 0 Å². The second-order valence-electron chi connectivity index (χ2n) is 7.47. The summed E-state index contributed by atoms with van der Waals surface area (Å²) in [5, 5.41) is 7.26. The Bertz CT molecular complexity index is 1050. The highest BCUT2D eigenvalue weighted by Crippen LogP contribution is 2.23. The Kier molecular flexibility index (Phi) is 6.08. The Morgan fingerprint density at radius 1 is 1.16 bits per heavy atom. The first-order valence-corrected chi connectivity index (χ1v) is 10.0. The van der Waals surface area contributed by atoms with Crippen LogP contribution >= 0.6 is 0 Å². The van der Waals surface area contributed by atoms with Crippen LogP contribution in [0, 0.1) is 5.82 Å². The van der Waals surface area contributed by atoms with Gasteiger partial charge >= 0.3 is 5.97 Å². The molecule has 1 saturated heterocycles. The van der Waals surface area contributed by atoms with Gasteiger partial charge in [-0.2, -0.15) is 5.10 Å². The number of benzene rings is 2. The normalized spacial score (nSPS) is 18.6. The number of ether oxygens (including phenoxy) is 1. The number of carbonyl (C=O) groups excluding carboxylic acids is 2. The fourth-order valence-corrected chi connectivity index (χ4v) is 3.93. The van der Waals surface area contributed by atoms with E-state index in [4.69, 9.17) is 4.74 Å². The molecule has 7 nitrogen and oxygen atoms in total. The van der Waals surface area contributed by atoms with E-state index in [1.54, 1.807) is 47.4 Å². The van der Waals surface area contributed by atoms with E-state index in [0.29, 0.717) is 30.8 Å². The molecule has 1 aromatic heterocycles. The highest BCUT2D eigenvalue weighted by molar-refractivity contribution is 5.98. The summed E-state index contributed by atoms with van der Waals surface area (Å²) in [5.74, 6) is -0.894. The van der Waals surface area contributed by atoms with Crippen molar-refractivity contribution in [1.82, 2.24) is 20.0 Å². The number of rotatable bonds is 6. The lowest BCUT2D eigenvalue weighted by atomic mass is 10.1. The number of halogens is 1. The third kappa shape index (κ3) is 4.64. The molecule has 8 heteroatoms. The third-order valence-corrected chi connectivity index (χ3v) is 5.41. The molecule has 1 fully saturated rings. The first-order chi connectivity index (χ1) is 15.0. The van der Waals surface area contributed by atoms with Crippen molar-refractivity contribution in [3.63, 3.8) is 0 Å². The highest BCUT2D eigenvalue weighted by Gasteiger charge is 2.38. The predicted molar refractivity (Wildman–Crippen MR) is 112 cm³/mol. The van der Waals surface area contributed by atoms with Crippen molar-refractivity contribution in [2.45, 2.75) is 25.0 Å². The van der Waals surface area contributed by atoms with E-state index in [2.05, 4.69) is 10.4 Å². The molecule has 2 aromatic carbocycles. The fourth-order valence-electron chi connectivity index (χ4n) is 3.93. The van der Waals surface area contributed by atoms with E-state index in [-0.39, 0.29) is 23.7 Å². The zero-order valence-electron chi connectivity index (χ0n) is 17.1. The van der Waals surface area contributed by atoms with Crippen molar-refractivity contribution >= 4 is 11.9 Å². The number of amides is 1. The molecule has 0 unspecified atom stereocenters. The average Bonchev–Trinajstić information content (AvgIpc) is 3.45. The second-order valence-corrected chi connectivity index (χ2v) is 7.47. The number of aromatic nitrogens is 2. The summed E-state index contributed by atoms with van der Waals surface area (Å²) in [4.78, 5) is 27.3. The van der Waals surface area contributed by atoms with Crippen molar-refractivity contribution in [2.24, 2.45) is 0 Å². The summed E-state index contributed by atoms with van der Waals surface area (Å²) < 4.78 is 19.8. The minimum Gasteiger partial charge on any atom is -0.468 e. The summed E-state index contributed by atoms with van der Waals surface area (Å²) in [6.45, 7) is 0.934. The maximum absolute atomic E-state index is 13.2. The maximum Gasteiger partial charge on any atom is 0.323 e. The van der Waals surface area contributed by atoms with Crippen LogP contribution in [0.2, 0.25) is 0 Å². The molecule has 3 aromatic rings. The van der Waals surface area contributed by atoms with Gasteiger partial charge < -0.3 is 10.1 Å². The fraction of sp³-hybridized carbons (Fsp3) is 0.261. The van der Waals surface area contributed by atoms with Gasteiger partial charge in [0.05, 0.1) is 18.4 Å². The van der Waals surface area contributed by atoms with E-state index in [9.17, 15) is 14.0 Å². The van der Waals surface area contributed by atoms with Gasteiger partial charge in [-0.15, -0.1) is 0 Å². The third-order valence-electron chi connectivity index (χ3n) is 5.41. The zero-order valence-corrected chi connectivity index (χ0v) is 17.1. The van der Waals surface area contributed by atoms with E-state index in [0.717, 1.165) is 5.56 Å². The molecule has 0 spiro atoms. The molecule has 1 N–H and O–H groups in total. The Morgan fingerprint density at radius 2 is 1.94 bits per heavy atom. The summed E-state index contributed by atoms with van der Waals surface area (Å²) in [7, 11) is 1.35. The van der Waals surface area contributed by atoms with Crippen LogP contribution in [0.4, 0.5) is 4.39 Å². The smallest absolute Gasteiger partial charge is 0.323 e. The van der Waals surface area contributed by atoms with Crippen molar-refractivity contribution in [3.05, 3.63) is 83.9 Å². The maximum atomic E-state index is 13.2. The molecule has 4 rings (SSSR count). The minimum absolute atomic E-state index is 0.233. The molecule has 1 aliphatic heterocycles. The van der Waals surface area contributed by atoms with E-state index < -0.39 is 6.04 Å². The summed E-state index contributed by atoms with van der Waals surface area (Å²) in [6, 6.07) is 14.5. The molecular formula is C23H23FN4O3. The minimum atomic E-state index is -0.485. The van der Waals surface area contributed by atoms with Gasteiger partial charge in [0.2, 0.25) is 0 Å². The van der Waals surface area contributed by atoms with E-state index >= 15 is 0 Å². The van der Waals surface area contributed by atoms with E-state index in [1.165, 1.54) is 19.2 Å². The van der Waals surface area contributed by atoms with Crippen molar-refractivity contribution in [1.29, 1.82) is 0 Å². The summed E-state index contributed by atoms with van der Waals surface area (Å²) in [6.07, 6.45) is 3.86. The van der Waals surface area contributed by atoms with Gasteiger partial charge in [-0.25, -0.2) is 9.07 Å².